The maximum absolute atomic E-state index is 14.4. The molecule has 3 heterocycles. The molecule has 0 unspecified atom stereocenters. The molecule has 2 aromatic heterocycles. The number of nitrogens with zero attached hydrogens (tertiary/aromatic N) is 4. The van der Waals surface area contributed by atoms with Gasteiger partial charge >= 0.3 is 0 Å². The Morgan fingerprint density at radius 3 is 2.71 bits per heavy atom. The summed E-state index contributed by atoms with van der Waals surface area (Å²) in [6, 6.07) is 3.90. The zero-order valence-corrected chi connectivity index (χ0v) is 12.0. The lowest BCUT2D eigenvalue weighted by Crippen LogP contribution is -2.21. The molecule has 0 amide bonds. The highest BCUT2D eigenvalue weighted by molar-refractivity contribution is 5.51. The van der Waals surface area contributed by atoms with Crippen molar-refractivity contribution in [1.29, 1.82) is 0 Å². The number of rotatable bonds is 4. The molecule has 0 radical (unpaired) electrons. The number of anilines is 2. The Labute approximate surface area is 123 Å². The van der Waals surface area contributed by atoms with Gasteiger partial charge in [0.2, 0.25) is 5.82 Å². The summed E-state index contributed by atoms with van der Waals surface area (Å²) in [5, 5.41) is 3.02. The van der Waals surface area contributed by atoms with Crippen molar-refractivity contribution < 1.29 is 4.39 Å². The van der Waals surface area contributed by atoms with Crippen molar-refractivity contribution in [3.8, 4) is 0 Å². The molecule has 5 nitrogen and oxygen atoms in total. The smallest absolute Gasteiger partial charge is 0.207 e. The first-order valence-electron chi connectivity index (χ1n) is 7.15. The lowest BCUT2D eigenvalue weighted by molar-refractivity contribution is 0.611. The first-order chi connectivity index (χ1) is 10.2. The molecular formula is C15H18FN5. The Morgan fingerprint density at radius 1 is 1.19 bits per heavy atom. The number of hydrogen-bond acceptors (Lipinski definition) is 5. The Bertz CT molecular complexity index is 608. The minimum absolute atomic E-state index is 0.243. The highest BCUT2D eigenvalue weighted by Crippen LogP contribution is 2.24. The minimum atomic E-state index is -0.375. The first kappa shape index (κ1) is 13.7. The van der Waals surface area contributed by atoms with Gasteiger partial charge in [-0.05, 0) is 31.4 Å². The molecule has 0 bridgehead atoms. The van der Waals surface area contributed by atoms with E-state index in [1.165, 1.54) is 6.33 Å². The Morgan fingerprint density at radius 2 is 2.00 bits per heavy atom. The van der Waals surface area contributed by atoms with Crippen LogP contribution in [0.2, 0.25) is 0 Å². The second-order valence-electron chi connectivity index (χ2n) is 5.22. The number of hydrogen-bond donors (Lipinski definition) is 1. The molecule has 110 valence electrons. The van der Waals surface area contributed by atoms with E-state index >= 15 is 0 Å². The van der Waals surface area contributed by atoms with Crippen LogP contribution >= 0.6 is 0 Å². The van der Waals surface area contributed by atoms with Crippen LogP contribution in [0.15, 0.2) is 24.7 Å². The summed E-state index contributed by atoms with van der Waals surface area (Å²) in [6.45, 7) is 4.13. The minimum Gasteiger partial charge on any atom is -0.363 e. The third-order valence-electron chi connectivity index (χ3n) is 3.61. The number of pyridine rings is 1. The van der Waals surface area contributed by atoms with Crippen molar-refractivity contribution in [2.45, 2.75) is 26.3 Å². The highest BCUT2D eigenvalue weighted by Gasteiger charge is 2.20. The van der Waals surface area contributed by atoms with Crippen LogP contribution < -0.4 is 10.2 Å². The predicted molar refractivity (Wildman–Crippen MR) is 79.7 cm³/mol. The maximum Gasteiger partial charge on any atom is 0.207 e. The van der Waals surface area contributed by atoms with Gasteiger partial charge in [0.15, 0.2) is 11.6 Å². The van der Waals surface area contributed by atoms with Gasteiger partial charge in [-0.2, -0.15) is 4.39 Å². The van der Waals surface area contributed by atoms with Gasteiger partial charge in [-0.15, -0.1) is 0 Å². The molecule has 1 aliphatic rings. The normalized spacial score (nSPS) is 14.5. The molecule has 1 fully saturated rings. The lowest BCUT2D eigenvalue weighted by atomic mass is 10.2. The molecule has 0 atom stereocenters. The third-order valence-corrected chi connectivity index (χ3v) is 3.61. The van der Waals surface area contributed by atoms with Crippen molar-refractivity contribution in [2.24, 2.45) is 0 Å². The van der Waals surface area contributed by atoms with Gasteiger partial charge < -0.3 is 10.2 Å². The van der Waals surface area contributed by atoms with Gasteiger partial charge in [0.05, 0.1) is 0 Å². The Hall–Kier alpha value is -2.24. The van der Waals surface area contributed by atoms with Crippen LogP contribution in [0.3, 0.4) is 0 Å². The van der Waals surface area contributed by atoms with E-state index in [1.807, 2.05) is 24.0 Å². The van der Waals surface area contributed by atoms with E-state index < -0.39 is 0 Å². The molecule has 6 heteroatoms. The number of nitrogens with one attached hydrogen (secondary N) is 1. The van der Waals surface area contributed by atoms with Crippen LogP contribution in [0.1, 0.15) is 24.1 Å². The molecule has 21 heavy (non-hydrogen) atoms. The Kier molecular flexibility index (Phi) is 3.94. The van der Waals surface area contributed by atoms with Crippen LogP contribution in [-0.4, -0.2) is 28.0 Å². The topological polar surface area (TPSA) is 53.9 Å². The molecule has 0 saturated carbocycles. The Balaban J connectivity index is 1.73. The molecule has 2 aromatic rings. The molecule has 0 aliphatic carbocycles. The van der Waals surface area contributed by atoms with Crippen LogP contribution in [-0.2, 0) is 6.54 Å². The fourth-order valence-corrected chi connectivity index (χ4v) is 2.42. The summed E-state index contributed by atoms with van der Waals surface area (Å²) >= 11 is 0. The van der Waals surface area contributed by atoms with Gasteiger partial charge in [0.25, 0.3) is 0 Å². The lowest BCUT2D eigenvalue weighted by Gasteiger charge is -2.18. The van der Waals surface area contributed by atoms with E-state index in [2.05, 4.69) is 20.3 Å². The number of aryl methyl sites for hydroxylation is 1. The second-order valence-corrected chi connectivity index (χ2v) is 5.22. The quantitative estimate of drug-likeness (QED) is 0.936. The average molecular weight is 287 g/mol. The van der Waals surface area contributed by atoms with E-state index in [4.69, 9.17) is 0 Å². The third kappa shape index (κ3) is 3.09. The van der Waals surface area contributed by atoms with Crippen molar-refractivity contribution in [2.75, 3.05) is 23.3 Å². The standard InChI is InChI=1S/C15H18FN5/c1-11-4-5-12(8-17-11)9-18-14-13(16)15(20-10-19-14)21-6-2-3-7-21/h4-5,8,10H,2-3,6-7,9H2,1H3,(H,18,19,20). The van der Waals surface area contributed by atoms with E-state index in [9.17, 15) is 4.39 Å². The zero-order chi connectivity index (χ0) is 14.7. The molecular weight excluding hydrogens is 269 g/mol. The SMILES string of the molecule is Cc1ccc(CNc2ncnc(N3CCCC3)c2F)cn1. The summed E-state index contributed by atoms with van der Waals surface area (Å²) in [4.78, 5) is 14.3. The van der Waals surface area contributed by atoms with Gasteiger partial charge in [0, 0.05) is 31.5 Å². The molecule has 0 spiro atoms. The van der Waals surface area contributed by atoms with Crippen molar-refractivity contribution >= 4 is 11.6 Å². The van der Waals surface area contributed by atoms with E-state index in [0.29, 0.717) is 12.4 Å². The molecule has 1 saturated heterocycles. The predicted octanol–water partition coefficient (Wildman–Crippen LogP) is 2.53. The van der Waals surface area contributed by atoms with Crippen LogP contribution in [0.4, 0.5) is 16.0 Å². The van der Waals surface area contributed by atoms with Crippen molar-refractivity contribution in [3.63, 3.8) is 0 Å². The fourth-order valence-electron chi connectivity index (χ4n) is 2.42. The van der Waals surface area contributed by atoms with E-state index in [0.717, 1.165) is 37.2 Å². The highest BCUT2D eigenvalue weighted by atomic mass is 19.1. The summed E-state index contributed by atoms with van der Waals surface area (Å²) < 4.78 is 14.4. The van der Waals surface area contributed by atoms with Crippen LogP contribution in [0, 0.1) is 12.7 Å². The molecule has 1 N–H and O–H groups in total. The van der Waals surface area contributed by atoms with Crippen molar-refractivity contribution in [1.82, 2.24) is 15.0 Å². The largest absolute Gasteiger partial charge is 0.363 e. The second kappa shape index (κ2) is 6.03. The van der Waals surface area contributed by atoms with E-state index in [1.54, 1.807) is 6.20 Å². The average Bonchev–Trinajstić information content (AvgIpc) is 3.02. The maximum atomic E-state index is 14.4. The van der Waals surface area contributed by atoms with Crippen LogP contribution in [0.25, 0.3) is 0 Å². The first-order valence-corrected chi connectivity index (χ1v) is 7.15. The van der Waals surface area contributed by atoms with E-state index in [-0.39, 0.29) is 11.6 Å². The molecule has 0 aromatic carbocycles. The van der Waals surface area contributed by atoms with Gasteiger partial charge in [-0.3, -0.25) is 4.98 Å². The van der Waals surface area contributed by atoms with Gasteiger partial charge in [-0.25, -0.2) is 9.97 Å². The zero-order valence-electron chi connectivity index (χ0n) is 12.0. The van der Waals surface area contributed by atoms with Gasteiger partial charge in [-0.1, -0.05) is 6.07 Å². The monoisotopic (exact) mass is 287 g/mol. The van der Waals surface area contributed by atoms with Gasteiger partial charge in [0.1, 0.15) is 6.33 Å². The number of aromatic nitrogens is 3. The fraction of sp³-hybridized carbons (Fsp3) is 0.400. The van der Waals surface area contributed by atoms with Crippen LogP contribution in [0.5, 0.6) is 0 Å². The summed E-state index contributed by atoms with van der Waals surface area (Å²) in [7, 11) is 0. The summed E-state index contributed by atoms with van der Waals surface area (Å²) in [6.07, 6.45) is 5.36. The summed E-state index contributed by atoms with van der Waals surface area (Å²) in [5.74, 6) is 0.263. The summed E-state index contributed by atoms with van der Waals surface area (Å²) in [5.41, 5.74) is 1.95. The van der Waals surface area contributed by atoms with Crippen molar-refractivity contribution in [3.05, 3.63) is 41.7 Å². The number of halogens is 1. The molecule has 3 rings (SSSR count). The molecule has 1 aliphatic heterocycles.